The Hall–Kier alpha value is -0.330. The summed E-state index contributed by atoms with van der Waals surface area (Å²) < 4.78 is 27.3. The minimum atomic E-state index is -3.58. The number of nitrogens with one attached hydrogen (secondary N) is 2. The molecule has 0 aliphatic heterocycles. The van der Waals surface area contributed by atoms with Crippen molar-refractivity contribution >= 4 is 33.2 Å². The van der Waals surface area contributed by atoms with Gasteiger partial charge in [0, 0.05) is 18.1 Å². The summed E-state index contributed by atoms with van der Waals surface area (Å²) in [7, 11) is -3.58. The Bertz CT molecular complexity index is 601. The maximum atomic E-state index is 12.3. The van der Waals surface area contributed by atoms with E-state index in [1.54, 1.807) is 6.07 Å². The van der Waals surface area contributed by atoms with Crippen LogP contribution >= 0.6 is 23.2 Å². The Balaban J connectivity index is 2.18. The third-order valence-electron chi connectivity index (χ3n) is 3.39. The molecule has 2 N–H and O–H groups in total. The molecule has 0 amide bonds. The molecule has 0 bridgehead atoms. The van der Waals surface area contributed by atoms with Crippen molar-refractivity contribution in [2.24, 2.45) is 5.92 Å². The molecule has 0 aromatic heterocycles. The highest BCUT2D eigenvalue weighted by molar-refractivity contribution is 7.89. The van der Waals surface area contributed by atoms with E-state index in [4.69, 9.17) is 23.2 Å². The first-order valence-electron chi connectivity index (χ1n) is 7.12. The average molecular weight is 351 g/mol. The summed E-state index contributed by atoms with van der Waals surface area (Å²) in [6, 6.07) is 3.06. The molecular formula is C14H20Cl2N2O2S. The zero-order valence-corrected chi connectivity index (χ0v) is 14.3. The van der Waals surface area contributed by atoms with Crippen LogP contribution < -0.4 is 10.0 Å². The smallest absolute Gasteiger partial charge is 0.242 e. The summed E-state index contributed by atoms with van der Waals surface area (Å²) in [5, 5.41) is 3.84. The van der Waals surface area contributed by atoms with Gasteiger partial charge in [0.1, 0.15) is 4.90 Å². The maximum Gasteiger partial charge on any atom is 0.242 e. The largest absolute Gasteiger partial charge is 0.313 e. The molecule has 118 valence electrons. The molecule has 21 heavy (non-hydrogen) atoms. The second-order valence-electron chi connectivity index (χ2n) is 5.35. The molecule has 0 unspecified atom stereocenters. The van der Waals surface area contributed by atoms with E-state index < -0.39 is 10.0 Å². The lowest BCUT2D eigenvalue weighted by Gasteiger charge is -2.12. The van der Waals surface area contributed by atoms with Crippen LogP contribution in [-0.4, -0.2) is 21.5 Å². The molecule has 1 fully saturated rings. The van der Waals surface area contributed by atoms with Gasteiger partial charge >= 0.3 is 0 Å². The van der Waals surface area contributed by atoms with Crippen molar-refractivity contribution in [2.45, 2.75) is 37.6 Å². The van der Waals surface area contributed by atoms with Gasteiger partial charge in [0.05, 0.1) is 5.02 Å². The van der Waals surface area contributed by atoms with E-state index in [0.29, 0.717) is 24.0 Å². The van der Waals surface area contributed by atoms with Gasteiger partial charge in [0.15, 0.2) is 0 Å². The normalized spacial score (nSPS) is 15.4. The summed E-state index contributed by atoms with van der Waals surface area (Å²) in [6.45, 7) is 3.91. The molecule has 4 nitrogen and oxygen atoms in total. The molecule has 1 aromatic rings. The summed E-state index contributed by atoms with van der Waals surface area (Å²) in [6.07, 6.45) is 3.17. The second-order valence-corrected chi connectivity index (χ2v) is 7.90. The van der Waals surface area contributed by atoms with E-state index >= 15 is 0 Å². The van der Waals surface area contributed by atoms with E-state index in [1.165, 1.54) is 6.07 Å². The SMILES string of the molecule is CCCNCc1cc(S(=O)(=O)NCC2CC2)c(Cl)cc1Cl. The monoisotopic (exact) mass is 350 g/mol. The number of benzene rings is 1. The first-order chi connectivity index (χ1) is 9.94. The van der Waals surface area contributed by atoms with Crippen LogP contribution in [0.4, 0.5) is 0 Å². The summed E-state index contributed by atoms with van der Waals surface area (Å²) in [5.74, 6) is 0.469. The zero-order valence-electron chi connectivity index (χ0n) is 12.0. The topological polar surface area (TPSA) is 58.2 Å². The van der Waals surface area contributed by atoms with Crippen LogP contribution in [-0.2, 0) is 16.6 Å². The highest BCUT2D eigenvalue weighted by Crippen LogP contribution is 2.31. The third-order valence-corrected chi connectivity index (χ3v) is 5.63. The van der Waals surface area contributed by atoms with Crippen LogP contribution in [0, 0.1) is 5.92 Å². The highest BCUT2D eigenvalue weighted by Gasteiger charge is 2.26. The van der Waals surface area contributed by atoms with E-state index in [-0.39, 0.29) is 9.92 Å². The Morgan fingerprint density at radius 1 is 1.24 bits per heavy atom. The van der Waals surface area contributed by atoms with Gasteiger partial charge in [0.2, 0.25) is 10.0 Å². The van der Waals surface area contributed by atoms with E-state index in [1.807, 2.05) is 0 Å². The Morgan fingerprint density at radius 3 is 2.57 bits per heavy atom. The molecule has 1 aliphatic carbocycles. The van der Waals surface area contributed by atoms with Gasteiger partial charge in [-0.05, 0) is 49.4 Å². The third kappa shape index (κ3) is 4.83. The van der Waals surface area contributed by atoms with E-state index in [0.717, 1.165) is 31.4 Å². The quantitative estimate of drug-likeness (QED) is 0.708. The fourth-order valence-electron chi connectivity index (χ4n) is 1.94. The first kappa shape index (κ1) is 17.0. The van der Waals surface area contributed by atoms with Gasteiger partial charge in [-0.3, -0.25) is 0 Å². The molecule has 2 rings (SSSR count). The fraction of sp³-hybridized carbons (Fsp3) is 0.571. The van der Waals surface area contributed by atoms with Crippen molar-refractivity contribution < 1.29 is 8.42 Å². The number of sulfonamides is 1. The fourth-order valence-corrected chi connectivity index (χ4v) is 3.92. The van der Waals surface area contributed by atoms with Crippen molar-refractivity contribution in [3.63, 3.8) is 0 Å². The van der Waals surface area contributed by atoms with Crippen LogP contribution in [0.3, 0.4) is 0 Å². The molecule has 0 heterocycles. The average Bonchev–Trinajstić information content (AvgIpc) is 3.23. The molecule has 0 spiro atoms. The molecule has 1 aliphatic rings. The number of rotatable bonds is 8. The zero-order chi connectivity index (χ0) is 15.5. The van der Waals surface area contributed by atoms with Gasteiger partial charge < -0.3 is 5.32 Å². The van der Waals surface area contributed by atoms with Crippen LogP contribution in [0.1, 0.15) is 31.7 Å². The van der Waals surface area contributed by atoms with Crippen LogP contribution in [0.2, 0.25) is 10.0 Å². The van der Waals surface area contributed by atoms with Crippen molar-refractivity contribution in [3.05, 3.63) is 27.7 Å². The van der Waals surface area contributed by atoms with Gasteiger partial charge in [0.25, 0.3) is 0 Å². The van der Waals surface area contributed by atoms with Crippen molar-refractivity contribution in [1.82, 2.24) is 10.0 Å². The number of hydrogen-bond donors (Lipinski definition) is 2. The van der Waals surface area contributed by atoms with Gasteiger partial charge in [-0.25, -0.2) is 13.1 Å². The van der Waals surface area contributed by atoms with E-state index in [9.17, 15) is 8.42 Å². The standard InChI is InChI=1S/C14H20Cl2N2O2S/c1-2-5-17-9-11-6-14(13(16)7-12(11)15)21(19,20)18-8-10-3-4-10/h6-7,10,17-18H,2-5,8-9H2,1H3. The first-order valence-corrected chi connectivity index (χ1v) is 9.36. The van der Waals surface area contributed by atoms with E-state index in [2.05, 4.69) is 17.0 Å². The van der Waals surface area contributed by atoms with Gasteiger partial charge in [-0.15, -0.1) is 0 Å². The van der Waals surface area contributed by atoms with Crippen molar-refractivity contribution in [3.8, 4) is 0 Å². The van der Waals surface area contributed by atoms with Crippen LogP contribution in [0.5, 0.6) is 0 Å². The van der Waals surface area contributed by atoms with Crippen LogP contribution in [0.25, 0.3) is 0 Å². The molecule has 0 saturated heterocycles. The minimum Gasteiger partial charge on any atom is -0.313 e. The van der Waals surface area contributed by atoms with Gasteiger partial charge in [-0.2, -0.15) is 0 Å². The van der Waals surface area contributed by atoms with Gasteiger partial charge in [-0.1, -0.05) is 30.1 Å². The summed E-state index contributed by atoms with van der Waals surface area (Å²) in [4.78, 5) is 0.0996. The minimum absolute atomic E-state index is 0.0996. The highest BCUT2D eigenvalue weighted by atomic mass is 35.5. The molecule has 1 aromatic carbocycles. The predicted molar refractivity (Wildman–Crippen MR) is 86.4 cm³/mol. The molecular weight excluding hydrogens is 331 g/mol. The van der Waals surface area contributed by atoms with Crippen molar-refractivity contribution in [2.75, 3.05) is 13.1 Å². The molecule has 7 heteroatoms. The lowest BCUT2D eigenvalue weighted by atomic mass is 10.2. The lowest BCUT2D eigenvalue weighted by molar-refractivity contribution is 0.577. The summed E-state index contributed by atoms with van der Waals surface area (Å²) in [5.41, 5.74) is 0.737. The number of halogens is 2. The predicted octanol–water partition coefficient (Wildman–Crippen LogP) is 3.18. The number of hydrogen-bond acceptors (Lipinski definition) is 3. The summed E-state index contributed by atoms with van der Waals surface area (Å²) >= 11 is 12.2. The van der Waals surface area contributed by atoms with Crippen LogP contribution in [0.15, 0.2) is 17.0 Å². The second kappa shape index (κ2) is 7.29. The maximum absolute atomic E-state index is 12.3. The molecule has 1 saturated carbocycles. The molecule has 0 atom stereocenters. The molecule has 0 radical (unpaired) electrons. The Kier molecular flexibility index (Phi) is 5.91. The Labute approximate surface area is 136 Å². The Morgan fingerprint density at radius 2 is 1.95 bits per heavy atom. The lowest BCUT2D eigenvalue weighted by Crippen LogP contribution is -2.26. The van der Waals surface area contributed by atoms with Crippen molar-refractivity contribution in [1.29, 1.82) is 0 Å².